The van der Waals surface area contributed by atoms with E-state index in [1.807, 2.05) is 30.3 Å². The number of benzene rings is 2. The van der Waals surface area contributed by atoms with Crippen LogP contribution in [0.25, 0.3) is 0 Å². The van der Waals surface area contributed by atoms with Crippen molar-refractivity contribution in [3.8, 4) is 0 Å². The average Bonchev–Trinajstić information content (AvgIpc) is 2.66. The van der Waals surface area contributed by atoms with Crippen LogP contribution in [0.2, 0.25) is 0 Å². The summed E-state index contributed by atoms with van der Waals surface area (Å²) in [7, 11) is 1.66. The number of ether oxygens (including phenoxy) is 1. The third-order valence-electron chi connectivity index (χ3n) is 4.21. The van der Waals surface area contributed by atoms with E-state index in [4.69, 9.17) is 4.74 Å². The maximum Gasteiger partial charge on any atom is 0.408 e. The second-order valence-electron chi connectivity index (χ2n) is 8.01. The zero-order valence-electron chi connectivity index (χ0n) is 17.6. The second-order valence-corrected chi connectivity index (χ2v) is 8.01. The number of carbonyl (C=O) groups is 2. The Balaban J connectivity index is 2.17. The van der Waals surface area contributed by atoms with E-state index in [2.05, 4.69) is 5.32 Å². The highest BCUT2D eigenvalue weighted by Gasteiger charge is 2.27. The van der Waals surface area contributed by atoms with Gasteiger partial charge in [-0.3, -0.25) is 14.9 Å². The molecule has 0 aliphatic rings. The van der Waals surface area contributed by atoms with Gasteiger partial charge in [0.25, 0.3) is 5.69 Å². The van der Waals surface area contributed by atoms with Gasteiger partial charge in [0.15, 0.2) is 0 Å². The van der Waals surface area contributed by atoms with Gasteiger partial charge in [-0.1, -0.05) is 42.5 Å². The molecule has 2 amide bonds. The molecule has 30 heavy (non-hydrogen) atoms. The summed E-state index contributed by atoms with van der Waals surface area (Å²) in [6.45, 7) is 5.59. The number of nitro groups is 1. The van der Waals surface area contributed by atoms with Crippen molar-refractivity contribution >= 4 is 17.7 Å². The lowest BCUT2D eigenvalue weighted by molar-refractivity contribution is -0.384. The summed E-state index contributed by atoms with van der Waals surface area (Å²) in [5.41, 5.74) is 0.895. The van der Waals surface area contributed by atoms with E-state index < -0.39 is 22.7 Å². The fraction of sp³-hybridized carbons (Fsp3) is 0.364. The number of hydrogen-bond donors (Lipinski definition) is 1. The molecule has 1 atom stereocenters. The van der Waals surface area contributed by atoms with Crippen LogP contribution in [-0.2, 0) is 22.5 Å². The van der Waals surface area contributed by atoms with Crippen LogP contribution in [0.5, 0.6) is 0 Å². The van der Waals surface area contributed by atoms with Crippen LogP contribution in [0.4, 0.5) is 10.5 Å². The molecule has 0 saturated heterocycles. The van der Waals surface area contributed by atoms with Crippen LogP contribution in [0.3, 0.4) is 0 Å². The molecule has 0 bridgehead atoms. The summed E-state index contributed by atoms with van der Waals surface area (Å²) < 4.78 is 5.29. The van der Waals surface area contributed by atoms with Crippen molar-refractivity contribution in [2.75, 3.05) is 7.05 Å². The molecular formula is C22H27N3O5. The lowest BCUT2D eigenvalue weighted by Gasteiger charge is -2.26. The van der Waals surface area contributed by atoms with Gasteiger partial charge >= 0.3 is 6.09 Å². The van der Waals surface area contributed by atoms with Crippen LogP contribution in [0, 0.1) is 10.1 Å². The predicted molar refractivity (Wildman–Crippen MR) is 113 cm³/mol. The van der Waals surface area contributed by atoms with E-state index in [1.54, 1.807) is 40.0 Å². The molecule has 2 aromatic carbocycles. The maximum atomic E-state index is 13.1. The molecule has 0 aliphatic heterocycles. The van der Waals surface area contributed by atoms with Crippen molar-refractivity contribution in [2.24, 2.45) is 0 Å². The molecule has 0 aromatic heterocycles. The third kappa shape index (κ3) is 7.20. The molecule has 0 radical (unpaired) electrons. The highest BCUT2D eigenvalue weighted by molar-refractivity contribution is 5.86. The monoisotopic (exact) mass is 413 g/mol. The first kappa shape index (κ1) is 22.9. The fourth-order valence-electron chi connectivity index (χ4n) is 2.84. The molecule has 0 heterocycles. The Hall–Kier alpha value is -3.42. The number of hydrogen-bond acceptors (Lipinski definition) is 5. The van der Waals surface area contributed by atoms with E-state index in [0.717, 1.165) is 5.56 Å². The first-order valence-electron chi connectivity index (χ1n) is 9.57. The summed E-state index contributed by atoms with van der Waals surface area (Å²) >= 11 is 0. The summed E-state index contributed by atoms with van der Waals surface area (Å²) in [6.07, 6.45) is -0.522. The van der Waals surface area contributed by atoms with Crippen LogP contribution < -0.4 is 5.32 Å². The van der Waals surface area contributed by atoms with Gasteiger partial charge in [0.05, 0.1) is 4.92 Å². The molecule has 2 aromatic rings. The summed E-state index contributed by atoms with van der Waals surface area (Å²) in [5, 5.41) is 13.5. The number of amides is 2. The van der Waals surface area contributed by atoms with Gasteiger partial charge in [-0.05, 0) is 31.9 Å². The average molecular weight is 413 g/mol. The van der Waals surface area contributed by atoms with Gasteiger partial charge in [0.1, 0.15) is 11.6 Å². The molecule has 0 aliphatic carbocycles. The molecule has 0 unspecified atom stereocenters. The van der Waals surface area contributed by atoms with Crippen molar-refractivity contribution in [3.05, 3.63) is 75.8 Å². The number of alkyl carbamates (subject to hydrolysis) is 1. The van der Waals surface area contributed by atoms with Gasteiger partial charge < -0.3 is 15.0 Å². The summed E-state index contributed by atoms with van der Waals surface area (Å²) in [4.78, 5) is 37.3. The molecule has 8 nitrogen and oxygen atoms in total. The molecule has 160 valence electrons. The second kappa shape index (κ2) is 9.87. The quantitative estimate of drug-likeness (QED) is 0.551. The minimum atomic E-state index is -0.880. The van der Waals surface area contributed by atoms with E-state index in [9.17, 15) is 19.7 Å². The van der Waals surface area contributed by atoms with E-state index in [-0.39, 0.29) is 18.0 Å². The first-order chi connectivity index (χ1) is 14.0. The minimum absolute atomic E-state index is 0.0390. The normalized spacial score (nSPS) is 12.0. The Labute approximate surface area is 176 Å². The largest absolute Gasteiger partial charge is 0.444 e. The highest BCUT2D eigenvalue weighted by atomic mass is 16.6. The number of nitrogens with zero attached hydrogens (tertiary/aromatic N) is 2. The smallest absolute Gasteiger partial charge is 0.408 e. The SMILES string of the molecule is CN(Cc1ccccc1)C(=O)[C@H](Cc1ccc([N+](=O)[O-])cc1)NC(=O)OC(C)(C)C. The first-order valence-corrected chi connectivity index (χ1v) is 9.57. The predicted octanol–water partition coefficient (Wildman–Crippen LogP) is 3.69. The van der Waals surface area contributed by atoms with E-state index >= 15 is 0 Å². The number of likely N-dealkylation sites (N-methyl/N-ethyl adjacent to an activating group) is 1. The number of nitrogens with one attached hydrogen (secondary N) is 1. The lowest BCUT2D eigenvalue weighted by Crippen LogP contribution is -2.49. The van der Waals surface area contributed by atoms with Gasteiger partial charge in [-0.15, -0.1) is 0 Å². The zero-order chi connectivity index (χ0) is 22.3. The van der Waals surface area contributed by atoms with Crippen molar-refractivity contribution < 1.29 is 19.2 Å². The van der Waals surface area contributed by atoms with Gasteiger partial charge in [-0.25, -0.2) is 4.79 Å². The molecule has 8 heteroatoms. The lowest BCUT2D eigenvalue weighted by atomic mass is 10.0. The molecule has 2 rings (SSSR count). The van der Waals surface area contributed by atoms with Crippen molar-refractivity contribution in [3.63, 3.8) is 0 Å². The maximum absolute atomic E-state index is 13.1. The summed E-state index contributed by atoms with van der Waals surface area (Å²) in [6, 6.07) is 14.5. The van der Waals surface area contributed by atoms with Crippen molar-refractivity contribution in [2.45, 2.75) is 45.4 Å². The van der Waals surface area contributed by atoms with Crippen molar-refractivity contribution in [1.29, 1.82) is 0 Å². The molecule has 0 saturated carbocycles. The van der Waals surface area contributed by atoms with Crippen molar-refractivity contribution in [1.82, 2.24) is 10.2 Å². The topological polar surface area (TPSA) is 102 Å². The van der Waals surface area contributed by atoms with Crippen LogP contribution in [-0.4, -0.2) is 40.5 Å². The Morgan fingerprint density at radius 2 is 1.67 bits per heavy atom. The summed E-state index contributed by atoms with van der Waals surface area (Å²) in [5.74, 6) is -0.289. The van der Waals surface area contributed by atoms with E-state index in [0.29, 0.717) is 12.1 Å². The molecule has 1 N–H and O–H groups in total. The van der Waals surface area contributed by atoms with Crippen LogP contribution in [0.1, 0.15) is 31.9 Å². The molecule has 0 fully saturated rings. The molecular weight excluding hydrogens is 386 g/mol. The Morgan fingerprint density at radius 1 is 1.07 bits per heavy atom. The Kier molecular flexibility index (Phi) is 7.52. The number of carbonyl (C=O) groups excluding carboxylic acids is 2. The Bertz CT molecular complexity index is 876. The minimum Gasteiger partial charge on any atom is -0.444 e. The number of nitro benzene ring substituents is 1. The van der Waals surface area contributed by atoms with Crippen LogP contribution >= 0.6 is 0 Å². The number of non-ortho nitro benzene ring substituents is 1. The molecule has 0 spiro atoms. The highest BCUT2D eigenvalue weighted by Crippen LogP contribution is 2.15. The zero-order valence-corrected chi connectivity index (χ0v) is 17.6. The van der Waals surface area contributed by atoms with Gasteiger partial charge in [0.2, 0.25) is 5.91 Å². The standard InChI is InChI=1S/C22H27N3O5/c1-22(2,3)30-21(27)23-19(14-16-10-12-18(13-11-16)25(28)29)20(26)24(4)15-17-8-6-5-7-9-17/h5-13,19H,14-15H2,1-4H3,(H,23,27)/t19-/m0/s1. The van der Waals surface area contributed by atoms with Crippen LogP contribution in [0.15, 0.2) is 54.6 Å². The third-order valence-corrected chi connectivity index (χ3v) is 4.21. The number of rotatable bonds is 7. The Morgan fingerprint density at radius 3 is 2.20 bits per heavy atom. The fourth-order valence-corrected chi connectivity index (χ4v) is 2.84. The van der Waals surface area contributed by atoms with Gasteiger partial charge in [0, 0.05) is 32.1 Å². The van der Waals surface area contributed by atoms with Gasteiger partial charge in [-0.2, -0.15) is 0 Å². The van der Waals surface area contributed by atoms with E-state index in [1.165, 1.54) is 17.0 Å².